The van der Waals surface area contributed by atoms with Crippen LogP contribution in [-0.2, 0) is 12.7 Å². The lowest BCUT2D eigenvalue weighted by molar-refractivity contribution is -0.141. The van der Waals surface area contributed by atoms with Crippen LogP contribution in [0.1, 0.15) is 43.4 Å². The Bertz CT molecular complexity index is 768. The fourth-order valence-electron chi connectivity index (χ4n) is 3.08. The maximum absolute atomic E-state index is 13.2. The van der Waals surface area contributed by atoms with E-state index in [1.165, 1.54) is 0 Å². The van der Waals surface area contributed by atoms with Crippen molar-refractivity contribution in [3.63, 3.8) is 0 Å². The number of anilines is 2. The zero-order valence-electron chi connectivity index (χ0n) is 14.4. The van der Waals surface area contributed by atoms with Gasteiger partial charge in [-0.15, -0.1) is 0 Å². The predicted molar refractivity (Wildman–Crippen MR) is 91.2 cm³/mol. The van der Waals surface area contributed by atoms with E-state index >= 15 is 0 Å². The van der Waals surface area contributed by atoms with E-state index in [4.69, 9.17) is 0 Å². The molecule has 1 aromatic heterocycles. The summed E-state index contributed by atoms with van der Waals surface area (Å²) in [6.45, 7) is -0.0775. The number of hydrogen-bond donors (Lipinski definition) is 2. The Labute approximate surface area is 153 Å². The average Bonchev–Trinajstić information content (AvgIpc) is 2.59. The minimum atomic E-state index is -4.63. The number of rotatable bonds is 5. The number of nitrogens with one attached hydrogen (secondary N) is 2. The van der Waals surface area contributed by atoms with Crippen molar-refractivity contribution in [2.45, 2.75) is 50.9 Å². The molecule has 146 valence electrons. The molecule has 3 rings (SSSR count). The normalized spacial score (nSPS) is 15.6. The molecular weight excluding hydrogens is 367 g/mol. The smallest absolute Gasteiger partial charge is 0.366 e. The molecule has 0 unspecified atom stereocenters. The van der Waals surface area contributed by atoms with Crippen molar-refractivity contribution in [1.29, 1.82) is 0 Å². The van der Waals surface area contributed by atoms with Gasteiger partial charge < -0.3 is 10.6 Å². The van der Waals surface area contributed by atoms with Gasteiger partial charge in [0, 0.05) is 24.7 Å². The van der Waals surface area contributed by atoms with E-state index in [0.717, 1.165) is 56.4 Å². The van der Waals surface area contributed by atoms with E-state index in [1.807, 2.05) is 0 Å². The third-order valence-electron chi connectivity index (χ3n) is 4.35. The molecule has 0 bridgehead atoms. The minimum Gasteiger partial charge on any atom is -0.366 e. The van der Waals surface area contributed by atoms with Gasteiger partial charge in [0.05, 0.1) is 0 Å². The van der Waals surface area contributed by atoms with Crippen molar-refractivity contribution in [1.82, 2.24) is 9.97 Å². The first-order valence-electron chi connectivity index (χ1n) is 8.71. The van der Waals surface area contributed by atoms with E-state index < -0.39 is 23.5 Å². The molecule has 1 fully saturated rings. The fourth-order valence-corrected chi connectivity index (χ4v) is 3.08. The number of halogens is 5. The van der Waals surface area contributed by atoms with Crippen molar-refractivity contribution < 1.29 is 22.0 Å². The minimum absolute atomic E-state index is 0.0346. The number of hydrogen-bond acceptors (Lipinski definition) is 4. The summed E-state index contributed by atoms with van der Waals surface area (Å²) in [5, 5.41) is 5.65. The van der Waals surface area contributed by atoms with Crippen molar-refractivity contribution in [2.24, 2.45) is 0 Å². The largest absolute Gasteiger partial charge is 0.433 e. The third kappa shape index (κ3) is 5.51. The third-order valence-corrected chi connectivity index (χ3v) is 4.35. The lowest BCUT2D eigenvalue weighted by Gasteiger charge is -2.23. The first kappa shape index (κ1) is 19.3. The molecule has 1 saturated carbocycles. The lowest BCUT2D eigenvalue weighted by atomic mass is 9.96. The van der Waals surface area contributed by atoms with Crippen molar-refractivity contribution in [3.05, 3.63) is 47.2 Å². The van der Waals surface area contributed by atoms with Crippen LogP contribution in [0, 0.1) is 11.6 Å². The summed E-state index contributed by atoms with van der Waals surface area (Å²) in [4.78, 5) is 7.65. The zero-order valence-corrected chi connectivity index (χ0v) is 14.4. The number of alkyl halides is 3. The highest BCUT2D eigenvalue weighted by Crippen LogP contribution is 2.30. The van der Waals surface area contributed by atoms with Gasteiger partial charge in [0.2, 0.25) is 5.95 Å². The van der Waals surface area contributed by atoms with Gasteiger partial charge >= 0.3 is 6.18 Å². The van der Waals surface area contributed by atoms with Crippen LogP contribution in [0.15, 0.2) is 24.3 Å². The number of aromatic nitrogens is 2. The highest BCUT2D eigenvalue weighted by molar-refractivity contribution is 5.44. The summed E-state index contributed by atoms with van der Waals surface area (Å²) >= 11 is 0. The second-order valence-electron chi connectivity index (χ2n) is 6.57. The van der Waals surface area contributed by atoms with Crippen LogP contribution in [0.4, 0.5) is 33.7 Å². The summed E-state index contributed by atoms with van der Waals surface area (Å²) < 4.78 is 65.9. The van der Waals surface area contributed by atoms with Crippen LogP contribution < -0.4 is 10.6 Å². The van der Waals surface area contributed by atoms with E-state index in [0.29, 0.717) is 0 Å². The molecule has 0 atom stereocenters. The molecule has 9 heteroatoms. The first-order valence-corrected chi connectivity index (χ1v) is 8.71. The molecule has 2 aromatic rings. The molecule has 27 heavy (non-hydrogen) atoms. The Balaban J connectivity index is 1.79. The van der Waals surface area contributed by atoms with Crippen molar-refractivity contribution in [2.75, 3.05) is 10.6 Å². The Morgan fingerprint density at radius 3 is 2.22 bits per heavy atom. The fraction of sp³-hybridized carbons (Fsp3) is 0.444. The van der Waals surface area contributed by atoms with Crippen LogP contribution in [0.2, 0.25) is 0 Å². The van der Waals surface area contributed by atoms with Crippen LogP contribution in [0.25, 0.3) is 0 Å². The van der Waals surface area contributed by atoms with E-state index in [2.05, 4.69) is 20.6 Å². The molecule has 2 N–H and O–H groups in total. The predicted octanol–water partition coefficient (Wildman–Crippen LogP) is 5.13. The summed E-state index contributed by atoms with van der Waals surface area (Å²) in [6, 6.07) is 3.74. The van der Waals surface area contributed by atoms with Gasteiger partial charge in [-0.1, -0.05) is 19.3 Å². The van der Waals surface area contributed by atoms with Gasteiger partial charge in [-0.2, -0.15) is 18.2 Å². The Morgan fingerprint density at radius 1 is 0.926 bits per heavy atom. The molecule has 0 aliphatic heterocycles. The Hall–Kier alpha value is -2.45. The molecule has 4 nitrogen and oxygen atoms in total. The van der Waals surface area contributed by atoms with Gasteiger partial charge in [0.15, 0.2) is 5.69 Å². The van der Waals surface area contributed by atoms with E-state index in [1.54, 1.807) is 0 Å². The van der Waals surface area contributed by atoms with Crippen molar-refractivity contribution >= 4 is 11.8 Å². The van der Waals surface area contributed by atoms with Crippen LogP contribution in [0.5, 0.6) is 0 Å². The van der Waals surface area contributed by atoms with Gasteiger partial charge in [-0.25, -0.2) is 13.8 Å². The van der Waals surface area contributed by atoms with Gasteiger partial charge in [-0.05, 0) is 30.5 Å². The average molecular weight is 386 g/mol. The SMILES string of the molecule is Fc1cc(F)cc(CNc2cc(C(F)(F)F)nc(NC3CCCCC3)n2)c1. The topological polar surface area (TPSA) is 49.8 Å². The Morgan fingerprint density at radius 2 is 1.59 bits per heavy atom. The zero-order chi connectivity index (χ0) is 19.4. The maximum Gasteiger partial charge on any atom is 0.433 e. The summed E-state index contributed by atoms with van der Waals surface area (Å²) in [7, 11) is 0. The maximum atomic E-state index is 13.2. The van der Waals surface area contributed by atoms with Gasteiger partial charge in [-0.3, -0.25) is 0 Å². The molecule has 0 saturated heterocycles. The molecule has 1 aromatic carbocycles. The highest BCUT2D eigenvalue weighted by atomic mass is 19.4. The van der Waals surface area contributed by atoms with Crippen LogP contribution >= 0.6 is 0 Å². The molecule has 1 heterocycles. The first-order chi connectivity index (χ1) is 12.8. The van der Waals surface area contributed by atoms with E-state index in [-0.39, 0.29) is 29.9 Å². The summed E-state index contributed by atoms with van der Waals surface area (Å²) in [5.74, 6) is -1.69. The van der Waals surface area contributed by atoms with Gasteiger partial charge in [0.1, 0.15) is 17.5 Å². The summed E-state index contributed by atoms with van der Waals surface area (Å²) in [5.41, 5.74) is -0.829. The quantitative estimate of drug-likeness (QED) is 0.700. The highest BCUT2D eigenvalue weighted by Gasteiger charge is 2.34. The van der Waals surface area contributed by atoms with Crippen LogP contribution in [-0.4, -0.2) is 16.0 Å². The lowest BCUT2D eigenvalue weighted by Crippen LogP contribution is -2.24. The van der Waals surface area contributed by atoms with Crippen LogP contribution in [0.3, 0.4) is 0 Å². The van der Waals surface area contributed by atoms with Crippen molar-refractivity contribution in [3.8, 4) is 0 Å². The molecule has 0 spiro atoms. The summed E-state index contributed by atoms with van der Waals surface area (Å²) in [6.07, 6.45) is 0.196. The van der Waals surface area contributed by atoms with Gasteiger partial charge in [0.25, 0.3) is 0 Å². The molecule has 1 aliphatic carbocycles. The molecule has 0 amide bonds. The number of nitrogens with zero attached hydrogens (tertiary/aromatic N) is 2. The second kappa shape index (κ2) is 8.06. The second-order valence-corrected chi connectivity index (χ2v) is 6.57. The standard InChI is InChI=1S/C18H19F5N4/c19-12-6-11(7-13(20)8-12)10-24-16-9-15(18(21,22)23)26-17(27-16)25-14-4-2-1-3-5-14/h6-9,14H,1-5,10H2,(H2,24,25,26,27). The molecule has 1 aliphatic rings. The molecular formula is C18H19F5N4. The number of benzene rings is 1. The van der Waals surface area contributed by atoms with E-state index in [9.17, 15) is 22.0 Å². The monoisotopic (exact) mass is 386 g/mol. The molecule has 0 radical (unpaired) electrons. The Kier molecular flexibility index (Phi) is 5.76.